The molecule has 0 unspecified atom stereocenters. The van der Waals surface area contributed by atoms with Crippen LogP contribution >= 0.6 is 0 Å². The molecule has 0 aliphatic heterocycles. The van der Waals surface area contributed by atoms with Gasteiger partial charge in [0.25, 0.3) is 0 Å². The van der Waals surface area contributed by atoms with E-state index in [9.17, 15) is 9.50 Å². The molecule has 1 N–H and O–H groups in total. The zero-order valence-corrected chi connectivity index (χ0v) is 15.7. The molecule has 2 heterocycles. The number of hydrogen-bond acceptors (Lipinski definition) is 5. The topological polar surface area (TPSA) is 78.0 Å². The lowest BCUT2D eigenvalue weighted by Gasteiger charge is -2.06. The largest absolute Gasteiger partial charge is 0.502 e. The first-order chi connectivity index (χ1) is 14.1. The van der Waals surface area contributed by atoms with E-state index in [0.29, 0.717) is 17.2 Å². The van der Waals surface area contributed by atoms with E-state index in [1.165, 1.54) is 26.0 Å². The molecule has 2 aromatic carbocycles. The van der Waals surface area contributed by atoms with Crippen molar-refractivity contribution in [1.82, 2.24) is 24.8 Å². The Hall–Kier alpha value is -3.68. The predicted octanol–water partition coefficient (Wildman–Crippen LogP) is 3.99. The van der Waals surface area contributed by atoms with Gasteiger partial charge in [0.05, 0.1) is 31.2 Å². The molecular formula is C21H18FN5O2. The second-order valence-electron chi connectivity index (χ2n) is 7.04. The Morgan fingerprint density at radius 1 is 1.07 bits per heavy atom. The molecule has 0 atom stereocenters. The number of ether oxygens (including phenoxy) is 1. The molecule has 1 fully saturated rings. The minimum Gasteiger partial charge on any atom is -0.502 e. The molecule has 2 aromatic heterocycles. The van der Waals surface area contributed by atoms with Gasteiger partial charge in [0.15, 0.2) is 17.3 Å². The van der Waals surface area contributed by atoms with Crippen LogP contribution in [0, 0.1) is 5.82 Å². The zero-order chi connectivity index (χ0) is 20.0. The van der Waals surface area contributed by atoms with Crippen molar-refractivity contribution in [2.45, 2.75) is 18.9 Å². The number of methoxy groups -OCH3 is 1. The Morgan fingerprint density at radius 3 is 2.59 bits per heavy atom. The fourth-order valence-electron chi connectivity index (χ4n) is 3.22. The molecule has 0 radical (unpaired) electrons. The summed E-state index contributed by atoms with van der Waals surface area (Å²) < 4.78 is 22.6. The summed E-state index contributed by atoms with van der Waals surface area (Å²) in [7, 11) is 1.38. The van der Waals surface area contributed by atoms with Gasteiger partial charge in [-0.1, -0.05) is 17.3 Å². The van der Waals surface area contributed by atoms with Crippen LogP contribution in [0.3, 0.4) is 0 Å². The van der Waals surface area contributed by atoms with Crippen LogP contribution in [-0.2, 0) is 0 Å². The molecule has 29 heavy (non-hydrogen) atoms. The van der Waals surface area contributed by atoms with Crippen molar-refractivity contribution >= 4 is 0 Å². The Kier molecular flexibility index (Phi) is 4.04. The number of hydrogen-bond donors (Lipinski definition) is 1. The quantitative estimate of drug-likeness (QED) is 0.557. The molecular weight excluding hydrogens is 373 g/mol. The molecule has 0 bridgehead atoms. The monoisotopic (exact) mass is 391 g/mol. The Morgan fingerprint density at radius 2 is 1.86 bits per heavy atom. The first-order valence-corrected chi connectivity index (χ1v) is 9.26. The highest BCUT2D eigenvalue weighted by molar-refractivity contribution is 5.67. The van der Waals surface area contributed by atoms with Crippen molar-refractivity contribution in [2.24, 2.45) is 0 Å². The molecule has 0 saturated heterocycles. The van der Waals surface area contributed by atoms with E-state index in [1.54, 1.807) is 23.1 Å². The van der Waals surface area contributed by atoms with Crippen LogP contribution < -0.4 is 4.74 Å². The van der Waals surface area contributed by atoms with Gasteiger partial charge in [-0.15, -0.1) is 5.10 Å². The molecule has 8 heteroatoms. The average molecular weight is 391 g/mol. The molecule has 4 aromatic rings. The number of phenols is 1. The maximum Gasteiger partial charge on any atom is 0.194 e. The van der Waals surface area contributed by atoms with Crippen LogP contribution in [0.5, 0.6) is 11.5 Å². The summed E-state index contributed by atoms with van der Waals surface area (Å²) in [6.45, 7) is 0. The lowest BCUT2D eigenvalue weighted by Crippen LogP contribution is -1.93. The number of rotatable bonds is 5. The van der Waals surface area contributed by atoms with Crippen molar-refractivity contribution in [3.05, 3.63) is 60.8 Å². The van der Waals surface area contributed by atoms with Crippen molar-refractivity contribution in [3.63, 3.8) is 0 Å². The second kappa shape index (κ2) is 6.73. The van der Waals surface area contributed by atoms with Gasteiger partial charge >= 0.3 is 0 Å². The number of benzene rings is 2. The van der Waals surface area contributed by atoms with E-state index in [2.05, 4.69) is 15.4 Å². The molecule has 1 saturated carbocycles. The van der Waals surface area contributed by atoms with Crippen LogP contribution in [0.4, 0.5) is 4.39 Å². The molecule has 7 nitrogen and oxygen atoms in total. The maximum absolute atomic E-state index is 13.9. The van der Waals surface area contributed by atoms with Gasteiger partial charge in [0, 0.05) is 17.3 Å². The van der Waals surface area contributed by atoms with Crippen LogP contribution in [0.25, 0.3) is 28.1 Å². The van der Waals surface area contributed by atoms with Gasteiger partial charge in [0.2, 0.25) is 0 Å². The maximum atomic E-state index is 13.9. The van der Waals surface area contributed by atoms with Crippen LogP contribution in [-0.4, -0.2) is 37.0 Å². The molecule has 5 rings (SSSR count). The van der Waals surface area contributed by atoms with Crippen LogP contribution in [0.15, 0.2) is 55.0 Å². The number of aromatic nitrogens is 5. The first kappa shape index (κ1) is 17.4. The van der Waals surface area contributed by atoms with Gasteiger partial charge < -0.3 is 9.84 Å². The van der Waals surface area contributed by atoms with Gasteiger partial charge in [-0.2, -0.15) is 5.10 Å². The highest BCUT2D eigenvalue weighted by atomic mass is 19.1. The number of nitrogens with zero attached hydrogens (tertiary/aromatic N) is 5. The van der Waals surface area contributed by atoms with Gasteiger partial charge in [-0.3, -0.25) is 0 Å². The number of phenolic OH excluding ortho intramolecular Hbond substituents is 1. The highest BCUT2D eigenvalue weighted by Crippen LogP contribution is 2.35. The van der Waals surface area contributed by atoms with Gasteiger partial charge in [0.1, 0.15) is 5.69 Å². The Balaban J connectivity index is 1.41. The summed E-state index contributed by atoms with van der Waals surface area (Å²) in [5.74, 6) is -1.16. The smallest absolute Gasteiger partial charge is 0.194 e. The van der Waals surface area contributed by atoms with Crippen LogP contribution in [0.1, 0.15) is 18.9 Å². The summed E-state index contributed by atoms with van der Waals surface area (Å²) in [6.07, 6.45) is 7.75. The number of halogens is 1. The fourth-order valence-corrected chi connectivity index (χ4v) is 3.22. The third-order valence-electron chi connectivity index (χ3n) is 5.02. The zero-order valence-electron chi connectivity index (χ0n) is 15.7. The predicted molar refractivity (Wildman–Crippen MR) is 104 cm³/mol. The molecule has 146 valence electrons. The van der Waals surface area contributed by atoms with Crippen molar-refractivity contribution in [1.29, 1.82) is 0 Å². The molecule has 1 aliphatic rings. The standard InChI is InChI=1S/C21H18FN5O2/c1-29-20-9-14(8-18(22)21(20)28)15-10-23-26(11-15)16-4-2-13(3-5-16)19-12-27(25-24-19)17-6-7-17/h2-5,8-12,17,28H,6-7H2,1H3. The van der Waals surface area contributed by atoms with Crippen molar-refractivity contribution < 1.29 is 14.2 Å². The SMILES string of the molecule is COc1cc(-c2cnn(-c3ccc(-c4cn(C5CC5)nn4)cc3)c2)cc(F)c1O. The summed E-state index contributed by atoms with van der Waals surface area (Å²) >= 11 is 0. The van der Waals surface area contributed by atoms with E-state index in [4.69, 9.17) is 4.74 Å². The fraction of sp³-hybridized carbons (Fsp3) is 0.190. The van der Waals surface area contributed by atoms with E-state index < -0.39 is 11.6 Å². The summed E-state index contributed by atoms with van der Waals surface area (Å²) in [5.41, 5.74) is 3.96. The molecule has 0 spiro atoms. The second-order valence-corrected chi connectivity index (χ2v) is 7.04. The minimum atomic E-state index is -0.740. The van der Waals surface area contributed by atoms with Gasteiger partial charge in [-0.25, -0.2) is 13.8 Å². The third-order valence-corrected chi connectivity index (χ3v) is 5.02. The lowest BCUT2D eigenvalue weighted by atomic mass is 10.1. The normalized spacial score (nSPS) is 13.6. The van der Waals surface area contributed by atoms with Crippen molar-refractivity contribution in [2.75, 3.05) is 7.11 Å². The van der Waals surface area contributed by atoms with Gasteiger partial charge in [-0.05, 0) is 42.7 Å². The average Bonchev–Trinajstić information content (AvgIpc) is 3.27. The Bertz CT molecular complexity index is 1180. The molecule has 1 aliphatic carbocycles. The summed E-state index contributed by atoms with van der Waals surface area (Å²) in [4.78, 5) is 0. The van der Waals surface area contributed by atoms with E-state index in [-0.39, 0.29) is 5.75 Å². The molecule has 0 amide bonds. The lowest BCUT2D eigenvalue weighted by molar-refractivity contribution is 0.357. The Labute approximate surface area is 166 Å². The van der Waals surface area contributed by atoms with E-state index >= 15 is 0 Å². The van der Waals surface area contributed by atoms with Crippen molar-refractivity contribution in [3.8, 4) is 39.6 Å². The third kappa shape index (κ3) is 3.22. The van der Waals surface area contributed by atoms with E-state index in [0.717, 1.165) is 16.9 Å². The summed E-state index contributed by atoms with van der Waals surface area (Å²) in [6, 6.07) is 11.2. The van der Waals surface area contributed by atoms with Crippen LogP contribution in [0.2, 0.25) is 0 Å². The minimum absolute atomic E-state index is 0.0800. The van der Waals surface area contributed by atoms with E-state index in [1.807, 2.05) is 35.1 Å². The highest BCUT2D eigenvalue weighted by Gasteiger charge is 2.25. The number of aromatic hydroxyl groups is 1. The summed E-state index contributed by atoms with van der Waals surface area (Å²) in [5, 5.41) is 22.5. The first-order valence-electron chi connectivity index (χ1n) is 9.26.